The molecule has 8 heteroatoms. The van der Waals surface area contributed by atoms with E-state index >= 15 is 0 Å². The standard InChI is InChI=1S/C28H30F2N4O2/c1-19-8-5-6-13-25(19)27(28(36)33-22-10-3-2-4-11-22)34(24-12-7-9-20(29)15-24)26(35)18-32-23-14-21(30)16-31-17-23/h5-9,12-17,22,27,32H,2-4,10-11,18H2,1H3,(H,33,36). The van der Waals surface area contributed by atoms with Gasteiger partial charge >= 0.3 is 0 Å². The van der Waals surface area contributed by atoms with Gasteiger partial charge in [-0.2, -0.15) is 0 Å². The number of hydrogen-bond donors (Lipinski definition) is 2. The third-order valence-corrected chi connectivity index (χ3v) is 6.44. The molecule has 1 aromatic heterocycles. The van der Waals surface area contributed by atoms with Crippen LogP contribution in [0.3, 0.4) is 0 Å². The van der Waals surface area contributed by atoms with Crippen molar-refractivity contribution in [3.05, 3.63) is 89.8 Å². The summed E-state index contributed by atoms with van der Waals surface area (Å²) < 4.78 is 27.9. The van der Waals surface area contributed by atoms with Crippen molar-refractivity contribution >= 4 is 23.2 Å². The molecule has 1 aliphatic rings. The summed E-state index contributed by atoms with van der Waals surface area (Å²) in [5.41, 5.74) is 2.06. The fourth-order valence-electron chi connectivity index (χ4n) is 4.65. The molecule has 2 aromatic carbocycles. The molecule has 0 saturated heterocycles. The maximum Gasteiger partial charge on any atom is 0.248 e. The third kappa shape index (κ3) is 6.24. The highest BCUT2D eigenvalue weighted by Gasteiger charge is 2.35. The number of halogens is 2. The van der Waals surface area contributed by atoms with E-state index in [1.807, 2.05) is 31.2 Å². The van der Waals surface area contributed by atoms with Crippen LogP contribution in [0.15, 0.2) is 67.0 Å². The van der Waals surface area contributed by atoms with E-state index in [1.54, 1.807) is 6.07 Å². The van der Waals surface area contributed by atoms with Crippen LogP contribution in [-0.4, -0.2) is 29.4 Å². The monoisotopic (exact) mass is 492 g/mol. The van der Waals surface area contributed by atoms with Crippen LogP contribution in [-0.2, 0) is 9.59 Å². The molecule has 3 aromatic rings. The minimum atomic E-state index is -1.02. The summed E-state index contributed by atoms with van der Waals surface area (Å²) in [4.78, 5) is 32.6. The van der Waals surface area contributed by atoms with Crippen LogP contribution in [0, 0.1) is 18.6 Å². The second kappa shape index (κ2) is 11.7. The van der Waals surface area contributed by atoms with E-state index in [1.165, 1.54) is 35.4 Å². The molecule has 0 aliphatic heterocycles. The average Bonchev–Trinajstić information content (AvgIpc) is 2.87. The quantitative estimate of drug-likeness (QED) is 0.447. The van der Waals surface area contributed by atoms with Crippen LogP contribution >= 0.6 is 0 Å². The lowest BCUT2D eigenvalue weighted by Crippen LogP contribution is -2.48. The van der Waals surface area contributed by atoms with Gasteiger partial charge in [0.2, 0.25) is 11.8 Å². The Morgan fingerprint density at radius 2 is 1.78 bits per heavy atom. The lowest BCUT2D eigenvalue weighted by Gasteiger charge is -2.34. The Labute approximate surface area is 209 Å². The largest absolute Gasteiger partial charge is 0.375 e. The normalized spacial score (nSPS) is 14.6. The van der Waals surface area contributed by atoms with Crippen LogP contribution < -0.4 is 15.5 Å². The molecule has 4 rings (SSSR count). The molecule has 1 aliphatic carbocycles. The van der Waals surface area contributed by atoms with E-state index in [-0.39, 0.29) is 24.2 Å². The second-order valence-corrected chi connectivity index (χ2v) is 9.09. The summed E-state index contributed by atoms with van der Waals surface area (Å²) in [7, 11) is 0. The molecule has 1 unspecified atom stereocenters. The Morgan fingerprint density at radius 3 is 2.50 bits per heavy atom. The number of aromatic nitrogens is 1. The summed E-state index contributed by atoms with van der Waals surface area (Å²) in [5, 5.41) is 6.01. The summed E-state index contributed by atoms with van der Waals surface area (Å²) in [6, 6.07) is 13.2. The highest BCUT2D eigenvalue weighted by molar-refractivity contribution is 6.03. The van der Waals surface area contributed by atoms with Gasteiger partial charge in [0.15, 0.2) is 0 Å². The second-order valence-electron chi connectivity index (χ2n) is 9.09. The number of carbonyl (C=O) groups is 2. The van der Waals surface area contributed by atoms with Crippen molar-refractivity contribution in [3.8, 4) is 0 Å². The number of benzene rings is 2. The molecular weight excluding hydrogens is 462 g/mol. The van der Waals surface area contributed by atoms with Gasteiger partial charge in [0.25, 0.3) is 0 Å². The van der Waals surface area contributed by atoms with Crippen LogP contribution in [0.2, 0.25) is 0 Å². The summed E-state index contributed by atoms with van der Waals surface area (Å²) in [6.07, 6.45) is 7.45. The lowest BCUT2D eigenvalue weighted by molar-refractivity contribution is -0.126. The molecule has 1 heterocycles. The van der Waals surface area contributed by atoms with E-state index < -0.39 is 23.6 Å². The number of nitrogens with one attached hydrogen (secondary N) is 2. The van der Waals surface area contributed by atoms with E-state index in [9.17, 15) is 18.4 Å². The van der Waals surface area contributed by atoms with E-state index in [0.717, 1.165) is 43.9 Å². The number of rotatable bonds is 8. The predicted molar refractivity (Wildman–Crippen MR) is 136 cm³/mol. The molecule has 2 amide bonds. The Kier molecular flexibility index (Phi) is 8.25. The average molecular weight is 493 g/mol. The summed E-state index contributed by atoms with van der Waals surface area (Å²) in [5.74, 6) is -1.86. The Hall–Kier alpha value is -3.81. The highest BCUT2D eigenvalue weighted by atomic mass is 19.1. The smallest absolute Gasteiger partial charge is 0.248 e. The maximum atomic E-state index is 14.3. The molecule has 2 N–H and O–H groups in total. The summed E-state index contributed by atoms with van der Waals surface area (Å²) >= 11 is 0. The van der Waals surface area contributed by atoms with Gasteiger partial charge in [0.1, 0.15) is 17.7 Å². The van der Waals surface area contributed by atoms with Crippen molar-refractivity contribution in [2.24, 2.45) is 0 Å². The topological polar surface area (TPSA) is 74.3 Å². The number of anilines is 2. The molecule has 1 atom stereocenters. The Morgan fingerprint density at radius 1 is 1.00 bits per heavy atom. The summed E-state index contributed by atoms with van der Waals surface area (Å²) in [6.45, 7) is 1.63. The van der Waals surface area contributed by atoms with Crippen LogP contribution in [0.5, 0.6) is 0 Å². The number of carbonyl (C=O) groups excluding carboxylic acids is 2. The number of nitrogens with zero attached hydrogens (tertiary/aromatic N) is 2. The third-order valence-electron chi connectivity index (χ3n) is 6.44. The fraction of sp³-hybridized carbons (Fsp3) is 0.321. The molecule has 6 nitrogen and oxygen atoms in total. The van der Waals surface area contributed by atoms with Gasteiger partial charge in [0, 0.05) is 17.8 Å². The highest BCUT2D eigenvalue weighted by Crippen LogP contribution is 2.31. The van der Waals surface area contributed by atoms with Crippen molar-refractivity contribution in [2.45, 2.75) is 51.1 Å². The first-order valence-corrected chi connectivity index (χ1v) is 12.2. The molecule has 0 radical (unpaired) electrons. The van der Waals surface area contributed by atoms with E-state index in [0.29, 0.717) is 11.3 Å². The molecule has 36 heavy (non-hydrogen) atoms. The Balaban J connectivity index is 1.71. The number of aryl methyl sites for hydroxylation is 1. The maximum absolute atomic E-state index is 14.3. The molecule has 0 bridgehead atoms. The van der Waals surface area contributed by atoms with Crippen molar-refractivity contribution in [1.29, 1.82) is 0 Å². The zero-order valence-corrected chi connectivity index (χ0v) is 20.2. The molecule has 1 fully saturated rings. The molecule has 188 valence electrons. The van der Waals surface area contributed by atoms with Gasteiger partial charge in [-0.3, -0.25) is 19.5 Å². The number of pyridine rings is 1. The van der Waals surface area contributed by atoms with Crippen molar-refractivity contribution in [3.63, 3.8) is 0 Å². The van der Waals surface area contributed by atoms with Gasteiger partial charge in [-0.1, -0.05) is 49.6 Å². The van der Waals surface area contributed by atoms with Crippen molar-refractivity contribution < 1.29 is 18.4 Å². The SMILES string of the molecule is Cc1ccccc1C(C(=O)NC1CCCCC1)N(C(=O)CNc1cncc(F)c1)c1cccc(F)c1. The van der Waals surface area contributed by atoms with Crippen LogP contribution in [0.4, 0.5) is 20.2 Å². The van der Waals surface area contributed by atoms with Crippen LogP contribution in [0.25, 0.3) is 0 Å². The molecule has 0 spiro atoms. The van der Waals surface area contributed by atoms with Gasteiger partial charge in [0.05, 0.1) is 24.6 Å². The van der Waals surface area contributed by atoms with Gasteiger partial charge in [-0.05, 0) is 49.1 Å². The van der Waals surface area contributed by atoms with Crippen LogP contribution in [0.1, 0.15) is 49.3 Å². The minimum Gasteiger partial charge on any atom is -0.375 e. The lowest BCUT2D eigenvalue weighted by atomic mass is 9.93. The minimum absolute atomic E-state index is 0.0266. The Bertz CT molecular complexity index is 1210. The molecular formula is C28H30F2N4O2. The zero-order valence-electron chi connectivity index (χ0n) is 20.2. The van der Waals surface area contributed by atoms with Crippen molar-refractivity contribution in [1.82, 2.24) is 10.3 Å². The van der Waals surface area contributed by atoms with E-state index in [4.69, 9.17) is 0 Å². The van der Waals surface area contributed by atoms with Gasteiger partial charge in [-0.15, -0.1) is 0 Å². The molecule has 1 saturated carbocycles. The first kappa shape index (κ1) is 25.3. The van der Waals surface area contributed by atoms with Crippen molar-refractivity contribution in [2.75, 3.05) is 16.8 Å². The van der Waals surface area contributed by atoms with Gasteiger partial charge in [-0.25, -0.2) is 8.78 Å². The number of amides is 2. The predicted octanol–water partition coefficient (Wildman–Crippen LogP) is 5.30. The van der Waals surface area contributed by atoms with Gasteiger partial charge < -0.3 is 10.6 Å². The first-order valence-electron chi connectivity index (χ1n) is 12.2. The fourth-order valence-corrected chi connectivity index (χ4v) is 4.65. The zero-order chi connectivity index (χ0) is 25.5. The first-order chi connectivity index (χ1) is 17.4. The van der Waals surface area contributed by atoms with E-state index in [2.05, 4.69) is 15.6 Å². The number of hydrogen-bond acceptors (Lipinski definition) is 4.